The molecule has 2 heterocycles. The van der Waals surface area contributed by atoms with Crippen LogP contribution in [0.25, 0.3) is 0 Å². The molecule has 8 heteroatoms. The molecular formula is C9H5BrCl2N4O. The number of rotatable bonds is 2. The third-order valence-electron chi connectivity index (χ3n) is 1.80. The van der Waals surface area contributed by atoms with Crippen molar-refractivity contribution in [1.29, 1.82) is 0 Å². The van der Waals surface area contributed by atoms with E-state index in [0.717, 1.165) is 4.47 Å². The van der Waals surface area contributed by atoms with E-state index in [-0.39, 0.29) is 22.2 Å². The summed E-state index contributed by atoms with van der Waals surface area (Å²) in [5, 5.41) is 2.67. The van der Waals surface area contributed by atoms with Crippen LogP contribution in [0.5, 0.6) is 0 Å². The van der Waals surface area contributed by atoms with Gasteiger partial charge in [-0.05, 0) is 33.6 Å². The van der Waals surface area contributed by atoms with Crippen molar-refractivity contribution in [1.82, 2.24) is 15.0 Å². The molecule has 0 unspecified atom stereocenters. The minimum atomic E-state index is -0.346. The lowest BCUT2D eigenvalue weighted by molar-refractivity contribution is 0.102. The zero-order chi connectivity index (χ0) is 12.4. The van der Waals surface area contributed by atoms with E-state index >= 15 is 0 Å². The lowest BCUT2D eigenvalue weighted by Gasteiger charge is -2.03. The summed E-state index contributed by atoms with van der Waals surface area (Å²) in [6, 6.07) is 3.04. The summed E-state index contributed by atoms with van der Waals surface area (Å²) in [5.74, 6) is -0.104. The van der Waals surface area contributed by atoms with Gasteiger partial charge in [0.05, 0.1) is 0 Å². The first-order chi connectivity index (χ1) is 8.04. The Labute approximate surface area is 115 Å². The summed E-state index contributed by atoms with van der Waals surface area (Å²) >= 11 is 14.5. The molecule has 0 radical (unpaired) electrons. The van der Waals surface area contributed by atoms with Crippen molar-refractivity contribution in [3.05, 3.63) is 38.9 Å². The van der Waals surface area contributed by atoms with Gasteiger partial charge in [0.15, 0.2) is 0 Å². The van der Waals surface area contributed by atoms with E-state index < -0.39 is 0 Å². The number of anilines is 1. The number of carbonyl (C=O) groups excluding carboxylic acids is 1. The average molecular weight is 336 g/mol. The van der Waals surface area contributed by atoms with Gasteiger partial charge in [-0.15, -0.1) is 0 Å². The Kier molecular flexibility index (Phi) is 3.66. The van der Waals surface area contributed by atoms with Crippen LogP contribution in [0.15, 0.2) is 22.8 Å². The molecule has 0 aliphatic heterocycles. The highest BCUT2D eigenvalue weighted by Gasteiger charge is 2.10. The van der Waals surface area contributed by atoms with Gasteiger partial charge >= 0.3 is 0 Å². The van der Waals surface area contributed by atoms with Crippen LogP contribution in [-0.4, -0.2) is 20.9 Å². The highest BCUT2D eigenvalue weighted by atomic mass is 79.9. The molecule has 0 aromatic carbocycles. The number of aromatic nitrogens is 3. The van der Waals surface area contributed by atoms with Gasteiger partial charge in [0.1, 0.15) is 16.7 Å². The van der Waals surface area contributed by atoms with Crippen molar-refractivity contribution >= 4 is 50.9 Å². The summed E-state index contributed by atoms with van der Waals surface area (Å²) in [5.41, 5.74) is 0.391. The van der Waals surface area contributed by atoms with Gasteiger partial charge in [-0.3, -0.25) is 4.79 Å². The van der Waals surface area contributed by atoms with E-state index in [4.69, 9.17) is 23.2 Å². The van der Waals surface area contributed by atoms with E-state index in [1.807, 2.05) is 0 Å². The first-order valence-corrected chi connectivity index (χ1v) is 5.95. The summed E-state index contributed by atoms with van der Waals surface area (Å²) in [6.07, 6.45) is 1.65. The Bertz CT molecular complexity index is 552. The summed E-state index contributed by atoms with van der Waals surface area (Å²) in [4.78, 5) is 22.0. The van der Waals surface area contributed by atoms with Crippen molar-refractivity contribution in [2.45, 2.75) is 0 Å². The lowest BCUT2D eigenvalue weighted by Crippen LogP contribution is -2.13. The summed E-state index contributed by atoms with van der Waals surface area (Å²) in [7, 11) is 0. The molecule has 0 saturated carbocycles. The first kappa shape index (κ1) is 12.3. The van der Waals surface area contributed by atoms with Gasteiger partial charge < -0.3 is 10.3 Å². The van der Waals surface area contributed by atoms with Gasteiger partial charge in [-0.2, -0.15) is 0 Å². The largest absolute Gasteiger partial charge is 0.356 e. The number of nitrogens with one attached hydrogen (secondary N) is 2. The number of H-pyrrole nitrogens is 1. The van der Waals surface area contributed by atoms with Gasteiger partial charge in [-0.25, -0.2) is 9.97 Å². The smallest absolute Gasteiger partial charge is 0.273 e. The second-order valence-electron chi connectivity index (χ2n) is 3.03. The van der Waals surface area contributed by atoms with E-state index in [1.165, 1.54) is 6.07 Å². The molecule has 0 aliphatic carbocycles. The Morgan fingerprint density at radius 1 is 1.35 bits per heavy atom. The van der Waals surface area contributed by atoms with E-state index in [1.54, 1.807) is 12.3 Å². The average Bonchev–Trinajstić information content (AvgIpc) is 2.63. The van der Waals surface area contributed by atoms with E-state index in [9.17, 15) is 4.79 Å². The lowest BCUT2D eigenvalue weighted by atomic mass is 10.4. The van der Waals surface area contributed by atoms with Gasteiger partial charge in [0.2, 0.25) is 5.28 Å². The number of amides is 1. The molecule has 2 rings (SSSR count). The standard InChI is InChI=1S/C9H5BrCl2N4O/c10-4-1-5(13-3-4)8(17)15-7-2-6(11)14-9(12)16-7/h1-3,13H,(H,14,15,16,17). The Morgan fingerprint density at radius 2 is 2.12 bits per heavy atom. The number of hydrogen-bond donors (Lipinski definition) is 2. The molecule has 1 amide bonds. The fourth-order valence-corrected chi connectivity index (χ4v) is 1.89. The zero-order valence-electron chi connectivity index (χ0n) is 8.17. The Hall–Kier alpha value is -1.11. The maximum Gasteiger partial charge on any atom is 0.273 e. The van der Waals surface area contributed by atoms with Crippen LogP contribution in [0, 0.1) is 0 Å². The maximum absolute atomic E-state index is 11.7. The molecule has 17 heavy (non-hydrogen) atoms. The zero-order valence-corrected chi connectivity index (χ0v) is 11.3. The van der Waals surface area contributed by atoms with Gasteiger partial charge in [-0.1, -0.05) is 11.6 Å². The highest BCUT2D eigenvalue weighted by Crippen LogP contribution is 2.16. The molecule has 0 aliphatic rings. The second kappa shape index (κ2) is 5.03. The topological polar surface area (TPSA) is 70.7 Å². The third-order valence-corrected chi connectivity index (χ3v) is 2.62. The molecule has 0 saturated heterocycles. The predicted molar refractivity (Wildman–Crippen MR) is 68.5 cm³/mol. The van der Waals surface area contributed by atoms with Gasteiger partial charge in [0.25, 0.3) is 5.91 Å². The molecule has 5 nitrogen and oxygen atoms in total. The van der Waals surface area contributed by atoms with Crippen molar-refractivity contribution in [2.24, 2.45) is 0 Å². The molecule has 88 valence electrons. The monoisotopic (exact) mass is 334 g/mol. The SMILES string of the molecule is O=C(Nc1cc(Cl)nc(Cl)n1)c1cc(Br)c[nH]1. The normalized spacial score (nSPS) is 10.3. The number of halogens is 3. The number of aromatic amines is 1. The fraction of sp³-hybridized carbons (Fsp3) is 0. The van der Waals surface area contributed by atoms with Crippen LogP contribution >= 0.6 is 39.1 Å². The minimum absolute atomic E-state index is 0.0273. The van der Waals surface area contributed by atoms with Crippen molar-refractivity contribution in [2.75, 3.05) is 5.32 Å². The van der Waals surface area contributed by atoms with Crippen LogP contribution in [0.3, 0.4) is 0 Å². The molecule has 0 fully saturated rings. The quantitative estimate of drug-likeness (QED) is 0.654. The van der Waals surface area contributed by atoms with Crippen molar-refractivity contribution < 1.29 is 4.79 Å². The molecule has 2 N–H and O–H groups in total. The van der Waals surface area contributed by atoms with Crippen molar-refractivity contribution in [3.63, 3.8) is 0 Å². The second-order valence-corrected chi connectivity index (χ2v) is 4.67. The molecule has 2 aromatic rings. The molecule has 0 spiro atoms. The van der Waals surface area contributed by atoms with Crippen LogP contribution < -0.4 is 5.32 Å². The number of hydrogen-bond acceptors (Lipinski definition) is 3. The Balaban J connectivity index is 2.18. The summed E-state index contributed by atoms with van der Waals surface area (Å²) < 4.78 is 0.779. The van der Waals surface area contributed by atoms with Crippen LogP contribution in [0.2, 0.25) is 10.4 Å². The van der Waals surface area contributed by atoms with Crippen molar-refractivity contribution in [3.8, 4) is 0 Å². The van der Waals surface area contributed by atoms with Crippen LogP contribution in [0.1, 0.15) is 10.5 Å². The molecule has 0 bridgehead atoms. The number of carbonyl (C=O) groups is 1. The van der Waals surface area contributed by atoms with Crippen LogP contribution in [0.4, 0.5) is 5.82 Å². The van der Waals surface area contributed by atoms with Crippen LogP contribution in [-0.2, 0) is 0 Å². The maximum atomic E-state index is 11.7. The molecule has 0 atom stereocenters. The van der Waals surface area contributed by atoms with E-state index in [2.05, 4.69) is 36.2 Å². The predicted octanol–water partition coefficient (Wildman–Crippen LogP) is 3.13. The highest BCUT2D eigenvalue weighted by molar-refractivity contribution is 9.10. The Morgan fingerprint density at radius 3 is 2.71 bits per heavy atom. The molecular weight excluding hydrogens is 331 g/mol. The van der Waals surface area contributed by atoms with E-state index in [0.29, 0.717) is 5.69 Å². The molecule has 2 aromatic heterocycles. The fourth-order valence-electron chi connectivity index (χ4n) is 1.14. The minimum Gasteiger partial charge on any atom is -0.356 e. The van der Waals surface area contributed by atoms with Gasteiger partial charge in [0, 0.05) is 16.7 Å². The number of nitrogens with zero attached hydrogens (tertiary/aromatic N) is 2. The summed E-state index contributed by atoms with van der Waals surface area (Å²) in [6.45, 7) is 0. The third kappa shape index (κ3) is 3.18. The first-order valence-electron chi connectivity index (χ1n) is 4.40.